The van der Waals surface area contributed by atoms with E-state index in [2.05, 4.69) is 32.0 Å². The Morgan fingerprint density at radius 1 is 0.562 bits per heavy atom. The van der Waals surface area contributed by atoms with Crippen molar-refractivity contribution in [3.05, 3.63) is 0 Å². The highest BCUT2D eigenvalue weighted by atomic mass is 35.7. The molecule has 9 nitrogen and oxygen atoms in total. The summed E-state index contributed by atoms with van der Waals surface area (Å²) in [5.74, 6) is 0. The molecule has 0 spiro atoms. The average Bonchev–Trinajstić information content (AvgIpc) is 1.41. The molecule has 0 aromatic carbocycles. The van der Waals surface area contributed by atoms with Gasteiger partial charge in [-0.25, -0.2) is 0 Å². The molecule has 0 amide bonds. The van der Waals surface area contributed by atoms with Crippen LogP contribution in [0.3, 0.4) is 0 Å². The summed E-state index contributed by atoms with van der Waals surface area (Å²) in [4.78, 5) is 0. The Bertz CT molecular complexity index is 347. The van der Waals surface area contributed by atoms with Gasteiger partial charge in [-0.2, -0.15) is 35.2 Å². The first-order chi connectivity index (χ1) is 6.00. The predicted octanol–water partition coefficient (Wildman–Crippen LogP) is 0.142. The molecular formula is H6Cl3O9PS3. The van der Waals surface area contributed by atoms with Gasteiger partial charge in [-0.15, -0.1) is 0 Å². The van der Waals surface area contributed by atoms with Crippen LogP contribution in [-0.2, 0) is 28.0 Å². The molecule has 0 saturated carbocycles. The molecule has 16 heteroatoms. The fraction of sp³-hybridized carbons (Fsp3) is 0. The highest BCUT2D eigenvalue weighted by Gasteiger charge is 1.87. The zero-order valence-electron chi connectivity index (χ0n) is 6.86. The number of halogens is 3. The van der Waals surface area contributed by atoms with Gasteiger partial charge in [0.25, 0.3) is 0 Å². The molecule has 0 aromatic heterocycles. The van der Waals surface area contributed by atoms with E-state index in [1.165, 1.54) is 0 Å². The molecule has 0 aliphatic heterocycles. The van der Waals surface area contributed by atoms with Crippen molar-refractivity contribution in [2.45, 2.75) is 0 Å². The normalized spacial score (nSPS) is 10.9. The van der Waals surface area contributed by atoms with Crippen molar-refractivity contribution < 1.29 is 38.9 Å². The molecule has 0 aromatic rings. The second kappa shape index (κ2) is 10.00. The van der Waals surface area contributed by atoms with Crippen LogP contribution in [0.4, 0.5) is 0 Å². The molecule has 1 atom stereocenters. The van der Waals surface area contributed by atoms with Crippen molar-refractivity contribution in [1.29, 1.82) is 0 Å². The molecule has 0 aliphatic carbocycles. The van der Waals surface area contributed by atoms with Gasteiger partial charge in [-0.05, 0) is 0 Å². The summed E-state index contributed by atoms with van der Waals surface area (Å²) in [5.41, 5.74) is 0. The van der Waals surface area contributed by atoms with Crippen molar-refractivity contribution in [3.63, 3.8) is 0 Å². The smallest absolute Gasteiger partial charge is 0.273 e. The van der Waals surface area contributed by atoms with Crippen LogP contribution in [0.15, 0.2) is 0 Å². The monoisotopic (exact) mass is 382 g/mol. The summed E-state index contributed by atoms with van der Waals surface area (Å²) in [6.45, 7) is 0. The third-order valence-corrected chi connectivity index (χ3v) is 0. The SMILES string of the molecule is O=S(=O)(O)Cl.O=S(=O)(O)Cl.O=S(=O)(O)Cl.P. The molecule has 3 N–H and O–H groups in total. The topological polar surface area (TPSA) is 163 Å². The second-order valence-electron chi connectivity index (χ2n) is 1.24. The Labute approximate surface area is 108 Å². The standard InChI is InChI=1S/3ClHO3S.H3P/c3*1-5(2,3)4;/h3*(H,2,3,4);1H3. The van der Waals surface area contributed by atoms with Crippen molar-refractivity contribution >= 4 is 69.9 Å². The minimum Gasteiger partial charge on any atom is -0.273 e. The van der Waals surface area contributed by atoms with Crippen LogP contribution in [0.2, 0.25) is 0 Å². The molecule has 104 valence electrons. The number of rotatable bonds is 0. The van der Waals surface area contributed by atoms with Gasteiger partial charge in [0, 0.05) is 32.0 Å². The number of hydrogen-bond acceptors (Lipinski definition) is 6. The highest BCUT2D eigenvalue weighted by Crippen LogP contribution is 1.83. The Balaban J connectivity index is -0.0000000655. The average molecular weight is 384 g/mol. The minimum absolute atomic E-state index is 0. The van der Waals surface area contributed by atoms with E-state index in [4.69, 9.17) is 38.9 Å². The lowest BCUT2D eigenvalue weighted by Gasteiger charge is -1.65. The molecule has 0 heterocycles. The van der Waals surface area contributed by atoms with Gasteiger partial charge < -0.3 is 0 Å². The van der Waals surface area contributed by atoms with Gasteiger partial charge in [0.2, 0.25) is 0 Å². The van der Waals surface area contributed by atoms with Crippen LogP contribution < -0.4 is 0 Å². The Morgan fingerprint density at radius 3 is 0.562 bits per heavy atom. The molecule has 0 aliphatic rings. The van der Waals surface area contributed by atoms with E-state index in [9.17, 15) is 0 Å². The summed E-state index contributed by atoms with van der Waals surface area (Å²) in [6.07, 6.45) is 0. The van der Waals surface area contributed by atoms with Crippen LogP contribution in [-0.4, -0.2) is 38.9 Å². The van der Waals surface area contributed by atoms with Crippen molar-refractivity contribution in [2.24, 2.45) is 0 Å². The van der Waals surface area contributed by atoms with Gasteiger partial charge in [0.15, 0.2) is 0 Å². The summed E-state index contributed by atoms with van der Waals surface area (Å²) < 4.78 is 75.5. The second-order valence-corrected chi connectivity index (χ2v) is 7.22. The van der Waals surface area contributed by atoms with Crippen LogP contribution in [0.5, 0.6) is 0 Å². The Morgan fingerprint density at radius 2 is 0.562 bits per heavy atom. The molecule has 0 saturated heterocycles. The van der Waals surface area contributed by atoms with Gasteiger partial charge in [-0.1, -0.05) is 0 Å². The maximum Gasteiger partial charge on any atom is 0.353 e. The largest absolute Gasteiger partial charge is 0.353 e. The fourth-order valence-corrected chi connectivity index (χ4v) is 0. The molecular weight excluding hydrogens is 378 g/mol. The Hall–Kier alpha value is 1.03. The zero-order chi connectivity index (χ0) is 13.5. The summed E-state index contributed by atoms with van der Waals surface area (Å²) >= 11 is 0. The molecule has 0 radical (unpaired) electrons. The van der Waals surface area contributed by atoms with E-state index in [0.717, 1.165) is 0 Å². The van der Waals surface area contributed by atoms with Gasteiger partial charge >= 0.3 is 28.0 Å². The lowest BCUT2D eigenvalue weighted by Crippen LogP contribution is -1.77. The summed E-state index contributed by atoms with van der Waals surface area (Å²) in [7, 11) is -0.410. The third kappa shape index (κ3) is 2790. The predicted molar refractivity (Wildman–Crippen MR) is 63.3 cm³/mol. The molecule has 16 heavy (non-hydrogen) atoms. The van der Waals surface area contributed by atoms with E-state index < -0.39 is 28.0 Å². The van der Waals surface area contributed by atoms with Crippen LogP contribution in [0.25, 0.3) is 0 Å². The van der Waals surface area contributed by atoms with Crippen LogP contribution in [0, 0.1) is 0 Å². The molecule has 1 unspecified atom stereocenters. The minimum atomic E-state index is -4.19. The van der Waals surface area contributed by atoms with Gasteiger partial charge in [-0.3, -0.25) is 13.7 Å². The quantitative estimate of drug-likeness (QED) is 0.300. The molecule has 0 bridgehead atoms. The van der Waals surface area contributed by atoms with E-state index in [1.807, 2.05) is 0 Å². The van der Waals surface area contributed by atoms with Gasteiger partial charge in [0.05, 0.1) is 0 Å². The van der Waals surface area contributed by atoms with E-state index in [-0.39, 0.29) is 9.90 Å². The Kier molecular flexibility index (Phi) is 16.1. The molecule has 0 fully saturated rings. The van der Waals surface area contributed by atoms with E-state index in [1.54, 1.807) is 0 Å². The number of hydrogen-bond donors (Lipinski definition) is 3. The van der Waals surface area contributed by atoms with Gasteiger partial charge in [0.1, 0.15) is 0 Å². The van der Waals surface area contributed by atoms with E-state index in [0.29, 0.717) is 0 Å². The zero-order valence-corrected chi connectivity index (χ0v) is 13.0. The maximum absolute atomic E-state index is 8.95. The molecule has 0 rings (SSSR count). The first-order valence-corrected chi connectivity index (χ1v) is 8.81. The lowest BCUT2D eigenvalue weighted by molar-refractivity contribution is 0.499. The summed E-state index contributed by atoms with van der Waals surface area (Å²) in [5, 5.41) is 0. The van der Waals surface area contributed by atoms with Crippen molar-refractivity contribution in [3.8, 4) is 0 Å². The van der Waals surface area contributed by atoms with Crippen molar-refractivity contribution in [1.82, 2.24) is 0 Å². The lowest BCUT2D eigenvalue weighted by atomic mass is 15.9. The first-order valence-electron chi connectivity index (χ1n) is 2.01. The highest BCUT2D eigenvalue weighted by molar-refractivity contribution is 8.09. The fourth-order valence-electron chi connectivity index (χ4n) is 0. The maximum atomic E-state index is 8.95. The van der Waals surface area contributed by atoms with Crippen molar-refractivity contribution in [2.75, 3.05) is 0 Å². The summed E-state index contributed by atoms with van der Waals surface area (Å²) in [6, 6.07) is 0. The first kappa shape index (κ1) is 25.8. The van der Waals surface area contributed by atoms with Crippen LogP contribution >= 0.6 is 41.9 Å². The third-order valence-electron chi connectivity index (χ3n) is 0. The van der Waals surface area contributed by atoms with E-state index >= 15 is 0 Å². The van der Waals surface area contributed by atoms with Crippen LogP contribution in [0.1, 0.15) is 0 Å².